The Kier molecular flexibility index (Phi) is 5.95. The quantitative estimate of drug-likeness (QED) is 0.780. The molecule has 2 heterocycles. The van der Waals surface area contributed by atoms with Crippen LogP contribution in [0.2, 0.25) is 0 Å². The Bertz CT molecular complexity index is 524. The van der Waals surface area contributed by atoms with Gasteiger partial charge in [-0.25, -0.2) is 0 Å². The highest BCUT2D eigenvalue weighted by Gasteiger charge is 2.15. The van der Waals surface area contributed by atoms with Crippen molar-refractivity contribution in [1.82, 2.24) is 20.4 Å². The zero-order valence-corrected chi connectivity index (χ0v) is 13.3. The molecule has 0 unspecified atom stereocenters. The first-order chi connectivity index (χ1) is 10.1. The van der Waals surface area contributed by atoms with Crippen molar-refractivity contribution in [3.8, 4) is 0 Å². The molecule has 0 aliphatic carbocycles. The van der Waals surface area contributed by atoms with Crippen LogP contribution in [0.15, 0.2) is 36.0 Å². The van der Waals surface area contributed by atoms with Gasteiger partial charge >= 0.3 is 0 Å². The number of amides is 1. The van der Waals surface area contributed by atoms with E-state index in [2.05, 4.69) is 34.1 Å². The Labute approximate surface area is 129 Å². The molecule has 0 saturated carbocycles. The van der Waals surface area contributed by atoms with Gasteiger partial charge in [-0.2, -0.15) is 5.10 Å². The fourth-order valence-electron chi connectivity index (χ4n) is 2.16. The number of hydrogen-bond acceptors (Lipinski definition) is 4. The molecule has 0 saturated heterocycles. The zero-order valence-electron chi connectivity index (χ0n) is 12.5. The lowest BCUT2D eigenvalue weighted by Crippen LogP contribution is -2.47. The van der Waals surface area contributed by atoms with Crippen LogP contribution in [0.1, 0.15) is 18.7 Å². The number of thiophene rings is 1. The Morgan fingerprint density at radius 1 is 1.43 bits per heavy atom. The van der Waals surface area contributed by atoms with Crippen LogP contribution in [0, 0.1) is 0 Å². The minimum atomic E-state index is -0.209. The normalized spacial score (nSPS) is 13.8. The minimum Gasteiger partial charge on any atom is -0.354 e. The Balaban J connectivity index is 1.66. The van der Waals surface area contributed by atoms with Crippen LogP contribution in [-0.2, 0) is 17.8 Å². The van der Waals surface area contributed by atoms with Crippen molar-refractivity contribution in [2.24, 2.45) is 0 Å². The summed E-state index contributed by atoms with van der Waals surface area (Å²) >= 11 is 1.72. The number of carbonyl (C=O) groups is 1. The fraction of sp³-hybridized carbons (Fsp3) is 0.467. The first-order valence-electron chi connectivity index (χ1n) is 7.18. The van der Waals surface area contributed by atoms with E-state index in [-0.39, 0.29) is 18.0 Å². The van der Waals surface area contributed by atoms with E-state index in [0.717, 1.165) is 13.0 Å². The summed E-state index contributed by atoms with van der Waals surface area (Å²) in [6.07, 6.45) is 4.57. The Hall–Kier alpha value is -1.66. The summed E-state index contributed by atoms with van der Waals surface area (Å²) in [7, 11) is 0. The number of nitrogens with one attached hydrogen (secondary N) is 2. The predicted octanol–water partition coefficient (Wildman–Crippen LogP) is 1.67. The second kappa shape index (κ2) is 7.95. The summed E-state index contributed by atoms with van der Waals surface area (Å²) in [4.78, 5) is 13.3. The maximum Gasteiger partial charge on any atom is 0.236 e. The van der Waals surface area contributed by atoms with Gasteiger partial charge in [0.1, 0.15) is 0 Å². The molecular formula is C15H22N4OS. The molecule has 6 heteroatoms. The molecule has 0 radical (unpaired) electrons. The molecular weight excluding hydrogens is 284 g/mol. The van der Waals surface area contributed by atoms with Gasteiger partial charge in [-0.1, -0.05) is 6.07 Å². The van der Waals surface area contributed by atoms with Gasteiger partial charge < -0.3 is 10.6 Å². The van der Waals surface area contributed by atoms with Crippen LogP contribution >= 0.6 is 11.3 Å². The smallest absolute Gasteiger partial charge is 0.236 e. The SMILES string of the molecule is C[C@H](N[C@@H](C)Cn1cccn1)C(=O)NCCc1cccs1. The van der Waals surface area contributed by atoms with E-state index in [1.807, 2.05) is 29.9 Å². The topological polar surface area (TPSA) is 59.0 Å². The molecule has 2 rings (SSSR count). The molecule has 0 spiro atoms. The number of nitrogens with zero attached hydrogens (tertiary/aromatic N) is 2. The van der Waals surface area contributed by atoms with Crippen LogP contribution in [0.5, 0.6) is 0 Å². The monoisotopic (exact) mass is 306 g/mol. The van der Waals surface area contributed by atoms with Gasteiger partial charge in [0, 0.05) is 29.9 Å². The fourth-order valence-corrected chi connectivity index (χ4v) is 2.87. The Morgan fingerprint density at radius 2 is 2.29 bits per heavy atom. The zero-order chi connectivity index (χ0) is 15.1. The van der Waals surface area contributed by atoms with E-state index in [4.69, 9.17) is 0 Å². The maximum absolute atomic E-state index is 12.0. The molecule has 1 amide bonds. The first kappa shape index (κ1) is 15.7. The average Bonchev–Trinajstić information content (AvgIpc) is 3.11. The van der Waals surface area contributed by atoms with Gasteiger partial charge in [0.05, 0.1) is 12.6 Å². The van der Waals surface area contributed by atoms with Gasteiger partial charge in [-0.05, 0) is 37.8 Å². The lowest BCUT2D eigenvalue weighted by Gasteiger charge is -2.19. The second-order valence-corrected chi connectivity index (χ2v) is 6.17. The summed E-state index contributed by atoms with van der Waals surface area (Å²) in [6.45, 7) is 5.37. The molecule has 2 atom stereocenters. The Morgan fingerprint density at radius 3 is 2.95 bits per heavy atom. The number of hydrogen-bond donors (Lipinski definition) is 2. The maximum atomic E-state index is 12.0. The lowest BCUT2D eigenvalue weighted by atomic mass is 10.2. The molecule has 2 aromatic heterocycles. The van der Waals surface area contributed by atoms with E-state index >= 15 is 0 Å². The third-order valence-corrected chi connectivity index (χ3v) is 4.13. The molecule has 0 aliphatic heterocycles. The summed E-state index contributed by atoms with van der Waals surface area (Å²) in [5.41, 5.74) is 0. The third-order valence-electron chi connectivity index (χ3n) is 3.20. The van der Waals surface area contributed by atoms with Crippen molar-refractivity contribution in [3.05, 3.63) is 40.8 Å². The van der Waals surface area contributed by atoms with E-state index in [1.54, 1.807) is 17.5 Å². The standard InChI is InChI=1S/C15H22N4OS/c1-12(11-19-9-4-7-17-19)18-13(2)15(20)16-8-6-14-5-3-10-21-14/h3-5,7,9-10,12-13,18H,6,8,11H2,1-2H3,(H,16,20)/t12-,13-/m0/s1. The van der Waals surface area contributed by atoms with Crippen molar-refractivity contribution in [1.29, 1.82) is 0 Å². The molecule has 21 heavy (non-hydrogen) atoms. The van der Waals surface area contributed by atoms with Crippen LogP contribution in [-0.4, -0.2) is 34.3 Å². The highest BCUT2D eigenvalue weighted by atomic mass is 32.1. The van der Waals surface area contributed by atoms with E-state index in [0.29, 0.717) is 6.54 Å². The lowest BCUT2D eigenvalue weighted by molar-refractivity contribution is -0.122. The molecule has 0 aromatic carbocycles. The molecule has 0 bridgehead atoms. The van der Waals surface area contributed by atoms with Crippen molar-refractivity contribution in [2.45, 2.75) is 38.9 Å². The van der Waals surface area contributed by atoms with Crippen LogP contribution in [0.25, 0.3) is 0 Å². The first-order valence-corrected chi connectivity index (χ1v) is 8.06. The molecule has 2 aromatic rings. The van der Waals surface area contributed by atoms with Crippen molar-refractivity contribution in [3.63, 3.8) is 0 Å². The predicted molar refractivity (Wildman–Crippen MR) is 85.3 cm³/mol. The van der Waals surface area contributed by atoms with Crippen LogP contribution in [0.3, 0.4) is 0 Å². The largest absolute Gasteiger partial charge is 0.354 e. The van der Waals surface area contributed by atoms with E-state index < -0.39 is 0 Å². The summed E-state index contributed by atoms with van der Waals surface area (Å²) in [5, 5.41) is 12.5. The van der Waals surface area contributed by atoms with Crippen molar-refractivity contribution >= 4 is 17.2 Å². The van der Waals surface area contributed by atoms with Crippen LogP contribution < -0.4 is 10.6 Å². The molecule has 114 valence electrons. The van der Waals surface area contributed by atoms with Crippen LogP contribution in [0.4, 0.5) is 0 Å². The number of rotatable bonds is 8. The molecule has 0 fully saturated rings. The highest BCUT2D eigenvalue weighted by Crippen LogP contribution is 2.08. The second-order valence-electron chi connectivity index (χ2n) is 5.14. The summed E-state index contributed by atoms with van der Waals surface area (Å²) in [5.74, 6) is 0.0406. The van der Waals surface area contributed by atoms with Gasteiger partial charge in [0.15, 0.2) is 0 Å². The highest BCUT2D eigenvalue weighted by molar-refractivity contribution is 7.09. The van der Waals surface area contributed by atoms with Gasteiger partial charge in [0.2, 0.25) is 5.91 Å². The van der Waals surface area contributed by atoms with E-state index in [1.165, 1.54) is 4.88 Å². The van der Waals surface area contributed by atoms with Gasteiger partial charge in [-0.3, -0.25) is 9.48 Å². The summed E-state index contributed by atoms with van der Waals surface area (Å²) < 4.78 is 1.86. The minimum absolute atomic E-state index is 0.0406. The van der Waals surface area contributed by atoms with Gasteiger partial charge in [-0.15, -0.1) is 11.3 Å². The van der Waals surface area contributed by atoms with E-state index in [9.17, 15) is 4.79 Å². The van der Waals surface area contributed by atoms with Crippen molar-refractivity contribution < 1.29 is 4.79 Å². The molecule has 5 nitrogen and oxygen atoms in total. The van der Waals surface area contributed by atoms with Crippen molar-refractivity contribution in [2.75, 3.05) is 6.54 Å². The molecule has 0 aliphatic rings. The number of aromatic nitrogens is 2. The average molecular weight is 306 g/mol. The molecule has 2 N–H and O–H groups in total. The third kappa shape index (κ3) is 5.32. The van der Waals surface area contributed by atoms with Gasteiger partial charge in [0.25, 0.3) is 0 Å². The summed E-state index contributed by atoms with van der Waals surface area (Å²) in [6, 6.07) is 5.99. The number of carbonyl (C=O) groups excluding carboxylic acids is 1.